The molecule has 0 N–H and O–H groups in total. The number of carbonyl (C=O) groups is 1. The third kappa shape index (κ3) is 3.20. The van der Waals surface area contributed by atoms with E-state index in [1.165, 1.54) is 0 Å². The molecule has 0 spiro atoms. The highest BCUT2D eigenvalue weighted by Crippen LogP contribution is 2.23. The molecular weight excluding hydrogens is 326 g/mol. The first-order valence-electron chi connectivity index (χ1n) is 8.78. The van der Waals surface area contributed by atoms with E-state index in [1.54, 1.807) is 13.3 Å². The summed E-state index contributed by atoms with van der Waals surface area (Å²) in [5.74, 6) is 0.937. The van der Waals surface area contributed by atoms with E-state index in [9.17, 15) is 4.79 Å². The van der Waals surface area contributed by atoms with Gasteiger partial charge >= 0.3 is 0 Å². The lowest BCUT2D eigenvalue weighted by Gasteiger charge is -2.36. The van der Waals surface area contributed by atoms with Crippen LogP contribution in [0.3, 0.4) is 0 Å². The predicted octanol–water partition coefficient (Wildman–Crippen LogP) is 3.21. The Bertz CT molecular complexity index is 933. The number of ether oxygens (including phenoxy) is 1. The van der Waals surface area contributed by atoms with Gasteiger partial charge in [0.25, 0.3) is 5.91 Å². The molecule has 0 saturated carbocycles. The summed E-state index contributed by atoms with van der Waals surface area (Å²) >= 11 is 0. The summed E-state index contributed by atoms with van der Waals surface area (Å²) in [4.78, 5) is 21.4. The molecule has 2 aromatic carbocycles. The van der Waals surface area contributed by atoms with Crippen molar-refractivity contribution < 1.29 is 9.53 Å². The Morgan fingerprint density at radius 3 is 2.65 bits per heavy atom. The van der Waals surface area contributed by atoms with Crippen LogP contribution < -0.4 is 9.64 Å². The van der Waals surface area contributed by atoms with Crippen molar-refractivity contribution in [3.05, 3.63) is 66.4 Å². The number of pyridine rings is 1. The highest BCUT2D eigenvalue weighted by molar-refractivity contribution is 5.98. The van der Waals surface area contributed by atoms with Gasteiger partial charge in [-0.05, 0) is 36.4 Å². The SMILES string of the molecule is COc1cccc(N2CCN(C(=O)c3ccc4ncccc4c3)CC2)c1. The summed E-state index contributed by atoms with van der Waals surface area (Å²) in [5, 5.41) is 0.994. The standard InChI is InChI=1S/C21H21N3O2/c1-26-19-6-2-5-18(15-19)23-10-12-24(13-11-23)21(25)17-7-8-20-16(14-17)4-3-9-22-20/h2-9,14-15H,10-13H2,1H3. The second-order valence-corrected chi connectivity index (χ2v) is 6.39. The average Bonchev–Trinajstić information content (AvgIpc) is 2.73. The number of carbonyl (C=O) groups excluding carboxylic acids is 1. The molecule has 3 aromatic rings. The second-order valence-electron chi connectivity index (χ2n) is 6.39. The smallest absolute Gasteiger partial charge is 0.253 e. The van der Waals surface area contributed by atoms with Gasteiger partial charge in [-0.25, -0.2) is 0 Å². The van der Waals surface area contributed by atoms with Crippen molar-refractivity contribution in [1.29, 1.82) is 0 Å². The van der Waals surface area contributed by atoms with E-state index in [0.717, 1.165) is 41.0 Å². The lowest BCUT2D eigenvalue weighted by Crippen LogP contribution is -2.48. The lowest BCUT2D eigenvalue weighted by atomic mass is 10.1. The van der Waals surface area contributed by atoms with Gasteiger partial charge < -0.3 is 14.5 Å². The topological polar surface area (TPSA) is 45.7 Å². The van der Waals surface area contributed by atoms with Crippen LogP contribution in [0.4, 0.5) is 5.69 Å². The van der Waals surface area contributed by atoms with Crippen molar-refractivity contribution in [2.24, 2.45) is 0 Å². The van der Waals surface area contributed by atoms with Gasteiger partial charge in [0, 0.05) is 55.1 Å². The van der Waals surface area contributed by atoms with E-state index >= 15 is 0 Å². The Labute approximate surface area is 152 Å². The zero-order valence-electron chi connectivity index (χ0n) is 14.8. The van der Waals surface area contributed by atoms with Crippen LogP contribution >= 0.6 is 0 Å². The average molecular weight is 347 g/mol. The molecule has 0 aliphatic carbocycles. The van der Waals surface area contributed by atoms with Crippen molar-refractivity contribution in [3.63, 3.8) is 0 Å². The number of anilines is 1. The summed E-state index contributed by atoms with van der Waals surface area (Å²) in [6.45, 7) is 3.05. The fourth-order valence-corrected chi connectivity index (χ4v) is 3.37. The fourth-order valence-electron chi connectivity index (χ4n) is 3.37. The minimum Gasteiger partial charge on any atom is -0.497 e. The fraction of sp³-hybridized carbons (Fsp3) is 0.238. The maximum Gasteiger partial charge on any atom is 0.253 e. The van der Waals surface area contributed by atoms with Crippen LogP contribution in [-0.4, -0.2) is 49.1 Å². The Kier molecular flexibility index (Phi) is 4.44. The number of rotatable bonds is 3. The molecule has 0 atom stereocenters. The van der Waals surface area contributed by atoms with Crippen molar-refractivity contribution in [3.8, 4) is 5.75 Å². The molecule has 1 aliphatic heterocycles. The van der Waals surface area contributed by atoms with Gasteiger partial charge in [0.15, 0.2) is 0 Å². The molecular formula is C21H21N3O2. The Morgan fingerprint density at radius 2 is 1.85 bits per heavy atom. The van der Waals surface area contributed by atoms with Crippen LogP contribution in [0.25, 0.3) is 10.9 Å². The Hall–Kier alpha value is -3.08. The van der Waals surface area contributed by atoms with Gasteiger partial charge in [0.05, 0.1) is 12.6 Å². The lowest BCUT2D eigenvalue weighted by molar-refractivity contribution is 0.0747. The summed E-state index contributed by atoms with van der Waals surface area (Å²) in [6.07, 6.45) is 1.77. The molecule has 0 unspecified atom stereocenters. The van der Waals surface area contributed by atoms with Crippen molar-refractivity contribution in [2.45, 2.75) is 0 Å². The Morgan fingerprint density at radius 1 is 1.00 bits per heavy atom. The van der Waals surface area contributed by atoms with Gasteiger partial charge in [-0.1, -0.05) is 12.1 Å². The molecule has 1 amide bonds. The van der Waals surface area contributed by atoms with E-state index in [2.05, 4.69) is 16.0 Å². The minimum atomic E-state index is 0.0843. The Balaban J connectivity index is 1.45. The molecule has 5 nitrogen and oxygen atoms in total. The van der Waals surface area contributed by atoms with Crippen LogP contribution in [0, 0.1) is 0 Å². The maximum atomic E-state index is 12.9. The number of hydrogen-bond donors (Lipinski definition) is 0. The zero-order valence-corrected chi connectivity index (χ0v) is 14.8. The highest BCUT2D eigenvalue weighted by Gasteiger charge is 2.22. The number of nitrogens with zero attached hydrogens (tertiary/aromatic N) is 3. The monoisotopic (exact) mass is 347 g/mol. The van der Waals surface area contributed by atoms with Gasteiger partial charge in [0.2, 0.25) is 0 Å². The van der Waals surface area contributed by atoms with Gasteiger partial charge in [0.1, 0.15) is 5.75 Å². The first-order chi connectivity index (χ1) is 12.7. The van der Waals surface area contributed by atoms with Crippen LogP contribution in [0.1, 0.15) is 10.4 Å². The maximum absolute atomic E-state index is 12.9. The first kappa shape index (κ1) is 16.4. The number of methoxy groups -OCH3 is 1. The molecule has 1 aliphatic rings. The van der Waals surface area contributed by atoms with E-state index in [4.69, 9.17) is 4.74 Å². The quantitative estimate of drug-likeness (QED) is 0.730. The second kappa shape index (κ2) is 7.04. The molecule has 0 bridgehead atoms. The van der Waals surface area contributed by atoms with Crippen molar-refractivity contribution >= 4 is 22.5 Å². The molecule has 1 saturated heterocycles. The van der Waals surface area contributed by atoms with Crippen molar-refractivity contribution in [2.75, 3.05) is 38.2 Å². The van der Waals surface area contributed by atoms with Crippen molar-refractivity contribution in [1.82, 2.24) is 9.88 Å². The first-order valence-corrected chi connectivity index (χ1v) is 8.78. The van der Waals surface area contributed by atoms with Gasteiger partial charge in [-0.15, -0.1) is 0 Å². The van der Waals surface area contributed by atoms with Gasteiger partial charge in [-0.2, -0.15) is 0 Å². The van der Waals surface area contributed by atoms with Crippen LogP contribution in [0.15, 0.2) is 60.8 Å². The van der Waals surface area contributed by atoms with E-state index in [1.807, 2.05) is 53.4 Å². The normalized spacial score (nSPS) is 14.5. The number of fused-ring (bicyclic) bond motifs is 1. The van der Waals surface area contributed by atoms with Crippen LogP contribution in [0.2, 0.25) is 0 Å². The number of hydrogen-bond acceptors (Lipinski definition) is 4. The zero-order chi connectivity index (χ0) is 17.9. The van der Waals surface area contributed by atoms with Gasteiger partial charge in [-0.3, -0.25) is 9.78 Å². The molecule has 1 fully saturated rings. The number of piperazine rings is 1. The summed E-state index contributed by atoms with van der Waals surface area (Å²) < 4.78 is 5.30. The van der Waals surface area contributed by atoms with E-state index in [0.29, 0.717) is 13.1 Å². The number of benzene rings is 2. The van der Waals surface area contributed by atoms with Crippen LogP contribution in [0.5, 0.6) is 5.75 Å². The van der Waals surface area contributed by atoms with E-state index in [-0.39, 0.29) is 5.91 Å². The summed E-state index contributed by atoms with van der Waals surface area (Å²) in [7, 11) is 1.68. The molecule has 26 heavy (non-hydrogen) atoms. The third-order valence-corrected chi connectivity index (χ3v) is 4.84. The predicted molar refractivity (Wildman–Crippen MR) is 103 cm³/mol. The molecule has 4 rings (SSSR count). The largest absolute Gasteiger partial charge is 0.497 e. The summed E-state index contributed by atoms with van der Waals surface area (Å²) in [6, 6.07) is 17.6. The molecule has 0 radical (unpaired) electrons. The number of amides is 1. The van der Waals surface area contributed by atoms with E-state index < -0.39 is 0 Å². The highest BCUT2D eigenvalue weighted by atomic mass is 16.5. The van der Waals surface area contributed by atoms with Crippen LogP contribution in [-0.2, 0) is 0 Å². The molecule has 5 heteroatoms. The molecule has 1 aromatic heterocycles. The minimum absolute atomic E-state index is 0.0843. The summed E-state index contributed by atoms with van der Waals surface area (Å²) in [5.41, 5.74) is 2.76. The number of aromatic nitrogens is 1. The third-order valence-electron chi connectivity index (χ3n) is 4.84. The molecule has 132 valence electrons. The molecule has 2 heterocycles.